The summed E-state index contributed by atoms with van der Waals surface area (Å²) in [7, 11) is 0. The van der Waals surface area contributed by atoms with E-state index in [1.165, 1.54) is 0 Å². The summed E-state index contributed by atoms with van der Waals surface area (Å²) in [4.78, 5) is 40.9. The average Bonchev–Trinajstić information content (AvgIpc) is 3.52. The molecule has 10 nitrogen and oxygen atoms in total. The van der Waals surface area contributed by atoms with Gasteiger partial charge in [-0.15, -0.1) is 0 Å². The van der Waals surface area contributed by atoms with Crippen molar-refractivity contribution in [3.63, 3.8) is 0 Å². The summed E-state index contributed by atoms with van der Waals surface area (Å²) in [5, 5.41) is 21.4. The number of hydrogen-bond acceptors (Lipinski definition) is 6. The van der Waals surface area contributed by atoms with Gasteiger partial charge in [-0.05, 0) is 73.1 Å². The number of para-hydroxylation sites is 1. The van der Waals surface area contributed by atoms with Gasteiger partial charge in [-0.25, -0.2) is 8.78 Å². The average molecular weight is 640 g/mol. The molecule has 248 valence electrons. The van der Waals surface area contributed by atoms with E-state index in [-0.39, 0.29) is 42.9 Å². The third-order valence-corrected chi connectivity index (χ3v) is 7.91. The van der Waals surface area contributed by atoms with E-state index in [1.54, 1.807) is 30.8 Å². The number of ether oxygens (including phenoxy) is 1. The van der Waals surface area contributed by atoms with Gasteiger partial charge in [-0.3, -0.25) is 19.7 Å². The molecule has 4 rings (SSSR count). The van der Waals surface area contributed by atoms with Gasteiger partial charge in [-0.1, -0.05) is 39.0 Å². The standard InChI is InChI=1S/C34H43F2N5O5/c1-20(2)30-34(45)39-28(18-41-11-7-8-12-41)32(43)37-17-21(3)13-24-9-5-6-10-29(24)46-19-22(4)38-27(33(44)40-30)16-23-14-25(35)31(42)26(36)15-23/h5-12,14-15,20-22,27-28,30,38,42H,13,16-19H2,1-4H3,(H,37,43)(H,39,45)(H,40,44)/t21-,22-,27+,28-,30+/m0/s1. The van der Waals surface area contributed by atoms with E-state index in [0.29, 0.717) is 18.7 Å². The second-order valence-electron chi connectivity index (χ2n) is 12.4. The third kappa shape index (κ3) is 9.29. The zero-order chi connectivity index (χ0) is 33.4. The monoisotopic (exact) mass is 639 g/mol. The number of aromatic nitrogens is 1. The van der Waals surface area contributed by atoms with Crippen LogP contribution in [0.5, 0.6) is 11.5 Å². The van der Waals surface area contributed by atoms with E-state index in [9.17, 15) is 28.3 Å². The van der Waals surface area contributed by atoms with Crippen LogP contribution in [-0.4, -0.2) is 64.7 Å². The lowest BCUT2D eigenvalue weighted by Crippen LogP contribution is -2.59. The first-order valence-electron chi connectivity index (χ1n) is 15.5. The summed E-state index contributed by atoms with van der Waals surface area (Å²) < 4.78 is 36.4. The Morgan fingerprint density at radius 3 is 2.28 bits per heavy atom. The molecule has 0 spiro atoms. The van der Waals surface area contributed by atoms with Crippen molar-refractivity contribution in [3.8, 4) is 11.5 Å². The molecular weight excluding hydrogens is 596 g/mol. The molecular formula is C34H43F2N5O5. The van der Waals surface area contributed by atoms with Gasteiger partial charge in [0, 0.05) is 25.0 Å². The Labute approximate surface area is 267 Å². The Hall–Kier alpha value is -4.45. The van der Waals surface area contributed by atoms with Crippen LogP contribution in [0.2, 0.25) is 0 Å². The number of aromatic hydroxyl groups is 1. The maximum Gasteiger partial charge on any atom is 0.244 e. The number of hydrogen-bond donors (Lipinski definition) is 5. The SMILES string of the molecule is CC(C)[C@H]1NC(=O)[C@@H](Cc2cc(F)c(O)c(F)c2)N[C@@H](C)COc2ccccc2C[C@H](C)CNC(=O)[C@H](Cn2cccc2)NC1=O. The maximum atomic E-state index is 14.2. The minimum atomic E-state index is -1.15. The molecule has 0 radical (unpaired) electrons. The number of amides is 3. The lowest BCUT2D eigenvalue weighted by Gasteiger charge is -2.29. The van der Waals surface area contributed by atoms with Crippen LogP contribution in [0.25, 0.3) is 0 Å². The minimum absolute atomic E-state index is 0.0456. The van der Waals surface area contributed by atoms with Crippen molar-refractivity contribution in [2.24, 2.45) is 11.8 Å². The maximum absolute atomic E-state index is 14.2. The normalized spacial score (nSPS) is 23.7. The van der Waals surface area contributed by atoms with Crippen molar-refractivity contribution in [2.75, 3.05) is 13.2 Å². The molecule has 3 amide bonds. The van der Waals surface area contributed by atoms with Crippen LogP contribution in [0.3, 0.4) is 0 Å². The molecule has 1 aromatic heterocycles. The molecule has 5 atom stereocenters. The molecule has 5 N–H and O–H groups in total. The fourth-order valence-electron chi connectivity index (χ4n) is 5.41. The second-order valence-corrected chi connectivity index (χ2v) is 12.4. The number of carbonyl (C=O) groups is 3. The van der Waals surface area contributed by atoms with Crippen LogP contribution in [0.15, 0.2) is 60.9 Å². The fraction of sp³-hybridized carbons (Fsp3) is 0.441. The molecule has 1 aliphatic rings. The predicted octanol–water partition coefficient (Wildman–Crippen LogP) is 3.07. The van der Waals surface area contributed by atoms with Gasteiger partial charge in [0.05, 0.1) is 12.6 Å². The van der Waals surface area contributed by atoms with Gasteiger partial charge >= 0.3 is 0 Å². The van der Waals surface area contributed by atoms with Crippen molar-refractivity contribution in [1.82, 2.24) is 25.8 Å². The fourth-order valence-corrected chi connectivity index (χ4v) is 5.41. The Bertz CT molecular complexity index is 1480. The molecule has 2 aromatic carbocycles. The van der Waals surface area contributed by atoms with Crippen molar-refractivity contribution in [2.45, 2.75) is 71.2 Å². The van der Waals surface area contributed by atoms with E-state index in [1.807, 2.05) is 50.2 Å². The molecule has 2 heterocycles. The van der Waals surface area contributed by atoms with E-state index in [2.05, 4.69) is 21.3 Å². The van der Waals surface area contributed by atoms with Crippen LogP contribution in [0.1, 0.15) is 38.8 Å². The highest BCUT2D eigenvalue weighted by Gasteiger charge is 2.32. The first-order valence-corrected chi connectivity index (χ1v) is 15.5. The van der Waals surface area contributed by atoms with Crippen molar-refractivity contribution < 1.29 is 33.0 Å². The topological polar surface area (TPSA) is 134 Å². The van der Waals surface area contributed by atoms with Crippen LogP contribution < -0.4 is 26.0 Å². The van der Waals surface area contributed by atoms with Crippen molar-refractivity contribution >= 4 is 17.7 Å². The Morgan fingerprint density at radius 2 is 1.61 bits per heavy atom. The van der Waals surface area contributed by atoms with Gasteiger partial charge in [0.25, 0.3) is 0 Å². The lowest BCUT2D eigenvalue weighted by molar-refractivity contribution is -0.133. The highest BCUT2D eigenvalue weighted by molar-refractivity contribution is 5.93. The summed E-state index contributed by atoms with van der Waals surface area (Å²) in [6.45, 7) is 8.07. The van der Waals surface area contributed by atoms with E-state index in [0.717, 1.165) is 17.7 Å². The molecule has 0 saturated carbocycles. The quantitative estimate of drug-likeness (QED) is 0.292. The van der Waals surface area contributed by atoms with E-state index in [4.69, 9.17) is 4.74 Å². The molecule has 1 aliphatic heterocycles. The molecule has 46 heavy (non-hydrogen) atoms. The summed E-state index contributed by atoms with van der Waals surface area (Å²) in [6.07, 6.45) is 4.05. The van der Waals surface area contributed by atoms with Crippen LogP contribution in [0, 0.1) is 23.5 Å². The first kappa shape index (κ1) is 34.4. The number of phenolic OH excluding ortho intramolecular Hbond substituents is 1. The Balaban J connectivity index is 1.66. The zero-order valence-corrected chi connectivity index (χ0v) is 26.6. The number of rotatable bonds is 5. The Morgan fingerprint density at radius 1 is 0.935 bits per heavy atom. The summed E-state index contributed by atoms with van der Waals surface area (Å²) in [5.41, 5.74) is 1.07. The highest BCUT2D eigenvalue weighted by Crippen LogP contribution is 2.23. The number of nitrogens with zero attached hydrogens (tertiary/aromatic N) is 1. The number of fused-ring (bicyclic) bond motifs is 1. The molecule has 0 fully saturated rings. The molecule has 0 bridgehead atoms. The molecule has 0 saturated heterocycles. The largest absolute Gasteiger partial charge is 0.503 e. The number of carbonyl (C=O) groups excluding carboxylic acids is 3. The smallest absolute Gasteiger partial charge is 0.244 e. The van der Waals surface area contributed by atoms with E-state index >= 15 is 0 Å². The van der Waals surface area contributed by atoms with Gasteiger partial charge in [-0.2, -0.15) is 0 Å². The zero-order valence-electron chi connectivity index (χ0n) is 26.6. The molecule has 0 unspecified atom stereocenters. The number of halogens is 2. The van der Waals surface area contributed by atoms with Crippen LogP contribution in [0.4, 0.5) is 8.78 Å². The number of nitrogens with one attached hydrogen (secondary N) is 4. The van der Waals surface area contributed by atoms with Gasteiger partial charge in [0.2, 0.25) is 17.7 Å². The van der Waals surface area contributed by atoms with Gasteiger partial charge in [0.15, 0.2) is 17.4 Å². The highest BCUT2D eigenvalue weighted by atomic mass is 19.1. The lowest BCUT2D eigenvalue weighted by atomic mass is 9.99. The molecule has 3 aromatic rings. The predicted molar refractivity (Wildman–Crippen MR) is 169 cm³/mol. The molecule has 12 heteroatoms. The van der Waals surface area contributed by atoms with Crippen molar-refractivity contribution in [3.05, 3.63) is 83.7 Å². The summed E-state index contributed by atoms with van der Waals surface area (Å²) in [6, 6.07) is 9.75. The number of phenols is 1. The first-order chi connectivity index (χ1) is 21.9. The van der Waals surface area contributed by atoms with Gasteiger partial charge in [0.1, 0.15) is 24.4 Å². The molecule has 0 aliphatic carbocycles. The minimum Gasteiger partial charge on any atom is -0.503 e. The summed E-state index contributed by atoms with van der Waals surface area (Å²) in [5.74, 6) is -4.55. The number of benzene rings is 2. The van der Waals surface area contributed by atoms with Crippen LogP contribution >= 0.6 is 0 Å². The van der Waals surface area contributed by atoms with Crippen molar-refractivity contribution in [1.29, 1.82) is 0 Å². The second kappa shape index (κ2) is 15.7. The summed E-state index contributed by atoms with van der Waals surface area (Å²) >= 11 is 0. The van der Waals surface area contributed by atoms with Crippen LogP contribution in [-0.2, 0) is 33.8 Å². The van der Waals surface area contributed by atoms with E-state index < -0.39 is 53.4 Å². The Kier molecular flexibility index (Phi) is 11.8. The van der Waals surface area contributed by atoms with Gasteiger partial charge < -0.3 is 30.4 Å². The third-order valence-electron chi connectivity index (χ3n) is 7.91.